The predicted octanol–water partition coefficient (Wildman–Crippen LogP) is 4.93. The molecular weight excluding hydrogens is 514 g/mol. The lowest BCUT2D eigenvalue weighted by atomic mass is 10.0. The highest BCUT2D eigenvalue weighted by Crippen LogP contribution is 2.34. The van der Waals surface area contributed by atoms with Crippen LogP contribution in [0, 0.1) is 22.7 Å². The van der Waals surface area contributed by atoms with Gasteiger partial charge in [0.2, 0.25) is 5.91 Å². The average Bonchev–Trinajstić information content (AvgIpc) is 3.39. The molecule has 0 fully saturated rings. The Morgan fingerprint density at radius 3 is 2.59 bits per heavy atom. The molecule has 0 radical (unpaired) electrons. The van der Waals surface area contributed by atoms with Gasteiger partial charge >= 0.3 is 0 Å². The molecule has 3 aromatic heterocycles. The number of aromatic nitrogens is 5. The number of fused-ring (bicyclic) bond motifs is 1. The van der Waals surface area contributed by atoms with Crippen molar-refractivity contribution in [3.05, 3.63) is 83.3 Å². The minimum absolute atomic E-state index is 0.0691. The van der Waals surface area contributed by atoms with Gasteiger partial charge in [-0.15, -0.1) is 0 Å². The summed E-state index contributed by atoms with van der Waals surface area (Å²) in [4.78, 5) is 26.1. The molecule has 11 heteroatoms. The summed E-state index contributed by atoms with van der Waals surface area (Å²) in [6.07, 6.45) is 3.57. The Morgan fingerprint density at radius 1 is 1.05 bits per heavy atom. The zero-order valence-electron chi connectivity index (χ0n) is 20.7. The average molecular weight is 534 g/mol. The molecule has 2 aromatic carbocycles. The normalized spacial score (nSPS) is 10.6. The molecule has 1 amide bonds. The van der Waals surface area contributed by atoms with Gasteiger partial charge in [-0.2, -0.15) is 15.6 Å². The molecule has 190 valence electrons. The first-order chi connectivity index (χ1) is 18.9. The van der Waals surface area contributed by atoms with Crippen molar-refractivity contribution < 1.29 is 4.79 Å². The Morgan fingerprint density at radius 2 is 1.87 bits per heavy atom. The van der Waals surface area contributed by atoms with Gasteiger partial charge in [-0.3, -0.25) is 14.5 Å². The number of benzene rings is 2. The van der Waals surface area contributed by atoms with Crippen molar-refractivity contribution in [2.45, 2.75) is 6.42 Å². The van der Waals surface area contributed by atoms with Crippen LogP contribution in [0.15, 0.2) is 67.0 Å². The van der Waals surface area contributed by atoms with E-state index in [0.717, 1.165) is 5.39 Å². The second kappa shape index (κ2) is 11.0. The van der Waals surface area contributed by atoms with E-state index in [2.05, 4.69) is 31.8 Å². The van der Waals surface area contributed by atoms with Crippen molar-refractivity contribution in [3.8, 4) is 34.8 Å². The van der Waals surface area contributed by atoms with Gasteiger partial charge in [0.1, 0.15) is 23.2 Å². The fourth-order valence-electron chi connectivity index (χ4n) is 3.99. The molecule has 5 rings (SSSR count). The number of aryl methyl sites for hydroxylation is 1. The third-order valence-electron chi connectivity index (χ3n) is 5.83. The molecule has 0 unspecified atom stereocenters. The fraction of sp³-hybridized carbons (Fsp3) is 0.107. The second-order valence-corrected chi connectivity index (χ2v) is 8.96. The first kappa shape index (κ1) is 25.3. The van der Waals surface area contributed by atoms with Gasteiger partial charge in [0, 0.05) is 49.0 Å². The highest BCUT2D eigenvalue weighted by atomic mass is 35.5. The van der Waals surface area contributed by atoms with Crippen LogP contribution in [0.5, 0.6) is 0 Å². The van der Waals surface area contributed by atoms with Gasteiger partial charge in [0.15, 0.2) is 11.5 Å². The molecule has 3 heterocycles. The van der Waals surface area contributed by atoms with E-state index in [1.165, 1.54) is 0 Å². The maximum atomic E-state index is 12.4. The largest absolute Gasteiger partial charge is 0.367 e. The van der Waals surface area contributed by atoms with E-state index in [1.807, 2.05) is 24.3 Å². The van der Waals surface area contributed by atoms with Gasteiger partial charge in [-0.05, 0) is 48.5 Å². The van der Waals surface area contributed by atoms with E-state index in [1.54, 1.807) is 60.5 Å². The Labute approximate surface area is 228 Å². The lowest BCUT2D eigenvalue weighted by Crippen LogP contribution is -2.17. The molecule has 39 heavy (non-hydrogen) atoms. The molecule has 0 saturated carbocycles. The summed E-state index contributed by atoms with van der Waals surface area (Å²) in [5.74, 6) is 0.00119. The molecule has 0 saturated heterocycles. The van der Waals surface area contributed by atoms with Gasteiger partial charge in [0.05, 0.1) is 22.2 Å². The highest BCUT2D eigenvalue weighted by Gasteiger charge is 2.20. The van der Waals surface area contributed by atoms with E-state index in [4.69, 9.17) is 21.8 Å². The van der Waals surface area contributed by atoms with Crippen LogP contribution in [0.4, 0.5) is 11.5 Å². The van der Waals surface area contributed by atoms with Crippen LogP contribution in [0.25, 0.3) is 33.5 Å². The lowest BCUT2D eigenvalue weighted by Gasteiger charge is -2.13. The van der Waals surface area contributed by atoms with E-state index in [9.17, 15) is 10.1 Å². The number of nitrogens with zero attached hydrogens (tertiary/aromatic N) is 7. The van der Waals surface area contributed by atoms with Gasteiger partial charge in [-0.1, -0.05) is 17.7 Å². The first-order valence-corrected chi connectivity index (χ1v) is 12.2. The fourth-order valence-corrected chi connectivity index (χ4v) is 4.26. The van der Waals surface area contributed by atoms with Crippen molar-refractivity contribution in [1.29, 1.82) is 10.5 Å². The van der Waals surface area contributed by atoms with Crippen LogP contribution >= 0.6 is 11.6 Å². The second-order valence-electron chi connectivity index (χ2n) is 8.55. The Balaban J connectivity index is 1.44. The quantitative estimate of drug-likeness (QED) is 0.299. The van der Waals surface area contributed by atoms with Crippen LogP contribution in [0.2, 0.25) is 5.02 Å². The van der Waals surface area contributed by atoms with Gasteiger partial charge in [0.25, 0.3) is 0 Å². The lowest BCUT2D eigenvalue weighted by molar-refractivity contribution is -0.115. The Hall–Kier alpha value is -5.32. The van der Waals surface area contributed by atoms with Crippen LogP contribution in [-0.4, -0.2) is 37.2 Å². The van der Waals surface area contributed by atoms with Crippen molar-refractivity contribution in [1.82, 2.24) is 24.7 Å². The third-order valence-corrected chi connectivity index (χ3v) is 6.12. The van der Waals surface area contributed by atoms with Crippen LogP contribution in [0.1, 0.15) is 17.7 Å². The minimum atomic E-state index is -0.236. The summed E-state index contributed by atoms with van der Waals surface area (Å²) in [6.45, 7) is 0.208. The highest BCUT2D eigenvalue weighted by molar-refractivity contribution is 6.35. The number of nitrogens with one attached hydrogen (secondary N) is 2. The number of hydrogen-bond donors (Lipinski definition) is 2. The maximum Gasteiger partial charge on any atom is 0.226 e. The Kier molecular flexibility index (Phi) is 7.13. The monoisotopic (exact) mass is 533 g/mol. The molecule has 0 aliphatic heterocycles. The summed E-state index contributed by atoms with van der Waals surface area (Å²) in [5.41, 5.74) is 3.95. The topological polar surface area (TPSA) is 145 Å². The zero-order chi connectivity index (χ0) is 27.4. The summed E-state index contributed by atoms with van der Waals surface area (Å²) in [5, 5.41) is 30.4. The van der Waals surface area contributed by atoms with Crippen LogP contribution < -0.4 is 10.6 Å². The number of amides is 1. The number of carbonyl (C=O) groups is 1. The van der Waals surface area contributed by atoms with Crippen molar-refractivity contribution in [2.75, 3.05) is 17.2 Å². The summed E-state index contributed by atoms with van der Waals surface area (Å²) in [6, 6.07) is 19.9. The smallest absolute Gasteiger partial charge is 0.226 e. The van der Waals surface area contributed by atoms with Gasteiger partial charge in [-0.25, -0.2) is 9.97 Å². The van der Waals surface area contributed by atoms with E-state index in [-0.39, 0.29) is 30.4 Å². The van der Waals surface area contributed by atoms with Gasteiger partial charge < -0.3 is 10.6 Å². The van der Waals surface area contributed by atoms with Crippen molar-refractivity contribution in [3.63, 3.8) is 0 Å². The van der Waals surface area contributed by atoms with E-state index < -0.39 is 0 Å². The van der Waals surface area contributed by atoms with Crippen molar-refractivity contribution >= 4 is 39.9 Å². The molecule has 0 bridgehead atoms. The molecule has 5 aromatic rings. The van der Waals surface area contributed by atoms with E-state index >= 15 is 0 Å². The summed E-state index contributed by atoms with van der Waals surface area (Å²) in [7, 11) is 1.80. The number of nitriles is 2. The maximum absolute atomic E-state index is 12.4. The third kappa shape index (κ3) is 5.52. The molecule has 10 nitrogen and oxygen atoms in total. The first-order valence-electron chi connectivity index (χ1n) is 11.9. The number of hydrogen-bond acceptors (Lipinski definition) is 8. The molecule has 0 atom stereocenters. The number of rotatable bonds is 7. The molecular formula is C28H20ClN9O. The zero-order valence-corrected chi connectivity index (χ0v) is 21.4. The molecule has 0 spiro atoms. The standard InChI is InChI=1S/C28H20ClN9O/c1-38-12-9-22(37-38)27-26(19-13-18-3-2-10-32-25(18)21(29)14-19)35-23(16-31)28(36-27)33-11-8-24(39)34-20-6-4-17(15-30)5-7-20/h2-7,9-10,12-14H,8,11H2,1H3,(H,33,36)(H,34,39). The SMILES string of the molecule is Cn1ccc(-c2nc(NCCC(=O)Nc3ccc(C#N)cc3)c(C#N)nc2-c2cc(Cl)c3ncccc3c2)n1. The summed E-state index contributed by atoms with van der Waals surface area (Å²) < 4.78 is 1.65. The number of pyridine rings is 1. The van der Waals surface area contributed by atoms with Crippen LogP contribution in [0.3, 0.4) is 0 Å². The number of anilines is 2. The van der Waals surface area contributed by atoms with Crippen molar-refractivity contribution in [2.24, 2.45) is 7.05 Å². The number of carbonyl (C=O) groups excluding carboxylic acids is 1. The minimum Gasteiger partial charge on any atom is -0.367 e. The summed E-state index contributed by atoms with van der Waals surface area (Å²) >= 11 is 6.53. The molecule has 0 aliphatic carbocycles. The van der Waals surface area contributed by atoms with E-state index in [0.29, 0.717) is 44.4 Å². The van der Waals surface area contributed by atoms with Crippen LogP contribution in [-0.2, 0) is 11.8 Å². The Bertz CT molecular complexity index is 1780. The predicted molar refractivity (Wildman–Crippen MR) is 148 cm³/mol. The molecule has 0 aliphatic rings. The molecule has 2 N–H and O–H groups in total. The number of halogens is 1.